The van der Waals surface area contributed by atoms with Crippen LogP contribution in [0, 0.1) is 17.7 Å². The van der Waals surface area contributed by atoms with Crippen molar-refractivity contribution in [2.75, 3.05) is 13.1 Å². The fourth-order valence-electron chi connectivity index (χ4n) is 3.21. The number of rotatable bonds is 3. The second kappa shape index (κ2) is 6.67. The first-order chi connectivity index (χ1) is 12.6. The predicted octanol–water partition coefficient (Wildman–Crippen LogP) is 2.82. The van der Waals surface area contributed by atoms with Crippen LogP contribution in [0.25, 0.3) is 5.69 Å². The summed E-state index contributed by atoms with van der Waals surface area (Å²) in [6.45, 7) is 1.43. The summed E-state index contributed by atoms with van der Waals surface area (Å²) in [6, 6.07) is 4.77. The molecule has 1 N–H and O–H groups in total. The second-order valence-electron chi connectivity index (χ2n) is 6.40. The Morgan fingerprint density at radius 1 is 1.22 bits per heavy atom. The fourth-order valence-corrected chi connectivity index (χ4v) is 3.21. The minimum Gasteiger partial charge on any atom is -0.481 e. The number of halogens is 4. The van der Waals surface area contributed by atoms with Crippen LogP contribution in [0.5, 0.6) is 0 Å². The number of aromatic nitrogens is 2. The Kier molecular flexibility index (Phi) is 4.66. The molecule has 10 heteroatoms. The van der Waals surface area contributed by atoms with Crippen molar-refractivity contribution in [2.24, 2.45) is 11.8 Å². The Morgan fingerprint density at radius 3 is 2.44 bits per heavy atom. The molecule has 0 spiro atoms. The molecule has 1 aromatic heterocycles. The normalized spacial score (nSPS) is 20.1. The zero-order valence-electron chi connectivity index (χ0n) is 14.1. The van der Waals surface area contributed by atoms with E-state index in [0.29, 0.717) is 4.68 Å². The van der Waals surface area contributed by atoms with Crippen molar-refractivity contribution in [2.45, 2.75) is 13.1 Å². The largest absolute Gasteiger partial charge is 0.481 e. The molecule has 1 amide bonds. The van der Waals surface area contributed by atoms with Gasteiger partial charge in [-0.15, -0.1) is 0 Å². The van der Waals surface area contributed by atoms with Gasteiger partial charge < -0.3 is 10.0 Å². The van der Waals surface area contributed by atoms with Gasteiger partial charge in [-0.3, -0.25) is 9.59 Å². The molecular formula is C17H15F4N3O3. The van der Waals surface area contributed by atoms with E-state index >= 15 is 0 Å². The van der Waals surface area contributed by atoms with Crippen LogP contribution >= 0.6 is 0 Å². The number of hydrogen-bond acceptors (Lipinski definition) is 3. The van der Waals surface area contributed by atoms with E-state index in [9.17, 15) is 27.2 Å². The van der Waals surface area contributed by atoms with Gasteiger partial charge in [-0.1, -0.05) is 19.1 Å². The number of carboxylic acid groups (broad SMARTS) is 1. The quantitative estimate of drug-likeness (QED) is 0.825. The fraction of sp³-hybridized carbons (Fsp3) is 0.353. The number of carbonyl (C=O) groups excluding carboxylic acids is 1. The maximum atomic E-state index is 14.0. The van der Waals surface area contributed by atoms with Crippen LogP contribution in [0.4, 0.5) is 17.6 Å². The molecule has 3 rings (SSSR count). The molecule has 1 aromatic carbocycles. The minimum atomic E-state index is -4.97. The lowest BCUT2D eigenvalue weighted by Gasteiger charge is -2.18. The summed E-state index contributed by atoms with van der Waals surface area (Å²) in [7, 11) is 0. The van der Waals surface area contributed by atoms with Gasteiger partial charge in [0, 0.05) is 13.1 Å². The van der Waals surface area contributed by atoms with Crippen LogP contribution in [0.3, 0.4) is 0 Å². The molecule has 0 unspecified atom stereocenters. The standard InChI is InChI=1S/C17H15F4N3O3/c1-9-7-23(8-11(9)16(26)27)15(25)10-6-22-24(14(10)17(19,20)21)13-5-3-2-4-12(13)18/h2-6,9,11H,7-8H2,1H3,(H,26,27)/t9-,11-/m1/s1. The first-order valence-electron chi connectivity index (χ1n) is 8.03. The van der Waals surface area contributed by atoms with Gasteiger partial charge in [0.2, 0.25) is 0 Å². The summed E-state index contributed by atoms with van der Waals surface area (Å²) >= 11 is 0. The third-order valence-corrected chi connectivity index (χ3v) is 4.57. The number of likely N-dealkylation sites (tertiary alicyclic amines) is 1. The van der Waals surface area contributed by atoms with E-state index in [-0.39, 0.29) is 13.1 Å². The monoisotopic (exact) mass is 385 g/mol. The van der Waals surface area contributed by atoms with Crippen molar-refractivity contribution >= 4 is 11.9 Å². The molecule has 2 aromatic rings. The molecule has 0 radical (unpaired) electrons. The molecular weight excluding hydrogens is 370 g/mol. The lowest BCUT2D eigenvalue weighted by molar-refractivity contribution is -0.144. The zero-order chi connectivity index (χ0) is 19.9. The summed E-state index contributed by atoms with van der Waals surface area (Å²) in [5.41, 5.74) is -2.59. The number of amides is 1. The molecule has 0 aliphatic carbocycles. The molecule has 1 saturated heterocycles. The third-order valence-electron chi connectivity index (χ3n) is 4.57. The predicted molar refractivity (Wildman–Crippen MR) is 84.7 cm³/mol. The molecule has 1 fully saturated rings. The average Bonchev–Trinajstić information content (AvgIpc) is 3.18. The first-order valence-corrected chi connectivity index (χ1v) is 8.03. The molecule has 1 aliphatic heterocycles. The van der Waals surface area contributed by atoms with Gasteiger partial charge in [0.1, 0.15) is 11.5 Å². The van der Waals surface area contributed by atoms with Gasteiger partial charge in [0.15, 0.2) is 5.69 Å². The number of alkyl halides is 3. The smallest absolute Gasteiger partial charge is 0.434 e. The van der Waals surface area contributed by atoms with Gasteiger partial charge in [-0.2, -0.15) is 18.3 Å². The Morgan fingerprint density at radius 2 is 1.89 bits per heavy atom. The highest BCUT2D eigenvalue weighted by atomic mass is 19.4. The lowest BCUT2D eigenvalue weighted by Crippen LogP contribution is -2.31. The Hall–Kier alpha value is -2.91. The summed E-state index contributed by atoms with van der Waals surface area (Å²) in [5, 5.41) is 12.7. The Bertz CT molecular complexity index is 894. The molecule has 144 valence electrons. The number of carboxylic acids is 1. The highest BCUT2D eigenvalue weighted by Gasteiger charge is 2.44. The van der Waals surface area contributed by atoms with Crippen molar-refractivity contribution in [3.8, 4) is 5.69 Å². The molecule has 6 nitrogen and oxygen atoms in total. The first kappa shape index (κ1) is 18.9. The summed E-state index contributed by atoms with van der Waals surface area (Å²) < 4.78 is 55.2. The minimum absolute atomic E-state index is 0.0119. The van der Waals surface area contributed by atoms with Gasteiger partial charge in [0.05, 0.1) is 17.7 Å². The number of benzene rings is 1. The second-order valence-corrected chi connectivity index (χ2v) is 6.40. The topological polar surface area (TPSA) is 75.4 Å². The number of aliphatic carboxylic acids is 1. The maximum Gasteiger partial charge on any atom is 0.434 e. The molecule has 2 atom stereocenters. The van der Waals surface area contributed by atoms with E-state index in [1.54, 1.807) is 6.92 Å². The van der Waals surface area contributed by atoms with E-state index in [1.807, 2.05) is 0 Å². The molecule has 27 heavy (non-hydrogen) atoms. The summed E-state index contributed by atoms with van der Waals surface area (Å²) in [5.74, 6) is -4.28. The van der Waals surface area contributed by atoms with E-state index in [4.69, 9.17) is 5.11 Å². The highest BCUT2D eigenvalue weighted by Crippen LogP contribution is 2.35. The van der Waals surface area contributed by atoms with Crippen molar-refractivity contribution in [3.05, 3.63) is 47.5 Å². The lowest BCUT2D eigenvalue weighted by atomic mass is 9.99. The van der Waals surface area contributed by atoms with Crippen LogP contribution in [0.1, 0.15) is 23.0 Å². The van der Waals surface area contributed by atoms with Crippen molar-refractivity contribution in [1.82, 2.24) is 14.7 Å². The van der Waals surface area contributed by atoms with Crippen molar-refractivity contribution in [3.63, 3.8) is 0 Å². The molecule has 1 aliphatic rings. The number of hydrogen-bond donors (Lipinski definition) is 1. The van der Waals surface area contributed by atoms with E-state index in [0.717, 1.165) is 23.2 Å². The molecule has 0 saturated carbocycles. The van der Waals surface area contributed by atoms with Crippen molar-refractivity contribution in [1.29, 1.82) is 0 Å². The number of nitrogens with zero attached hydrogens (tertiary/aromatic N) is 3. The Balaban J connectivity index is 2.03. The van der Waals surface area contributed by atoms with Crippen LogP contribution in [-0.4, -0.2) is 44.8 Å². The van der Waals surface area contributed by atoms with Gasteiger partial charge >= 0.3 is 12.1 Å². The molecule has 0 bridgehead atoms. The average molecular weight is 385 g/mol. The zero-order valence-corrected chi connectivity index (χ0v) is 14.1. The van der Waals surface area contributed by atoms with E-state index in [1.165, 1.54) is 12.1 Å². The summed E-state index contributed by atoms with van der Waals surface area (Å²) in [4.78, 5) is 24.9. The third kappa shape index (κ3) is 3.38. The van der Waals surface area contributed by atoms with Crippen molar-refractivity contribution < 1.29 is 32.3 Å². The molecule has 2 heterocycles. The highest BCUT2D eigenvalue weighted by molar-refractivity contribution is 5.96. The summed E-state index contributed by atoms with van der Waals surface area (Å²) in [6.07, 6.45) is -4.24. The SMILES string of the molecule is C[C@@H]1CN(C(=O)c2cnn(-c3ccccc3F)c2C(F)(F)F)C[C@H]1C(=O)O. The Labute approximate surface area is 151 Å². The van der Waals surface area contributed by atoms with Crippen LogP contribution in [0.15, 0.2) is 30.5 Å². The number of carbonyl (C=O) groups is 2. The van der Waals surface area contributed by atoms with Gasteiger partial charge in [-0.05, 0) is 18.1 Å². The van der Waals surface area contributed by atoms with E-state index < -0.39 is 52.7 Å². The van der Waals surface area contributed by atoms with Crippen LogP contribution in [0.2, 0.25) is 0 Å². The van der Waals surface area contributed by atoms with Gasteiger partial charge in [-0.25, -0.2) is 9.07 Å². The van der Waals surface area contributed by atoms with E-state index in [2.05, 4.69) is 5.10 Å². The number of para-hydroxylation sites is 1. The van der Waals surface area contributed by atoms with Gasteiger partial charge in [0.25, 0.3) is 5.91 Å². The van der Waals surface area contributed by atoms with Crippen LogP contribution < -0.4 is 0 Å². The van der Waals surface area contributed by atoms with Crippen LogP contribution in [-0.2, 0) is 11.0 Å². The maximum absolute atomic E-state index is 14.0.